The molecule has 1 aromatic rings. The van der Waals surface area contributed by atoms with Crippen LogP contribution in [-0.4, -0.2) is 47.8 Å². The van der Waals surface area contributed by atoms with Crippen LogP contribution < -0.4 is 0 Å². The lowest BCUT2D eigenvalue weighted by Crippen LogP contribution is -2.48. The van der Waals surface area contributed by atoms with Crippen molar-refractivity contribution >= 4 is 11.6 Å². The van der Waals surface area contributed by atoms with Gasteiger partial charge < -0.3 is 9.84 Å². The molecule has 1 fully saturated rings. The van der Waals surface area contributed by atoms with Gasteiger partial charge in [-0.2, -0.15) is 0 Å². The van der Waals surface area contributed by atoms with E-state index in [4.69, 9.17) is 16.3 Å². The maximum atomic E-state index is 9.68. The molecule has 0 spiro atoms. The van der Waals surface area contributed by atoms with Gasteiger partial charge in [-0.1, -0.05) is 44.2 Å². The molecule has 22 heavy (non-hydrogen) atoms. The van der Waals surface area contributed by atoms with E-state index in [9.17, 15) is 5.11 Å². The molecule has 3 nitrogen and oxygen atoms in total. The van der Waals surface area contributed by atoms with Gasteiger partial charge in [-0.15, -0.1) is 11.6 Å². The number of morpholine rings is 1. The third-order valence-corrected chi connectivity index (χ3v) is 4.93. The van der Waals surface area contributed by atoms with Crippen LogP contribution in [0.4, 0.5) is 0 Å². The Hall–Kier alpha value is -0.610. The van der Waals surface area contributed by atoms with Gasteiger partial charge in [0, 0.05) is 25.5 Å². The molecule has 0 amide bonds. The van der Waals surface area contributed by atoms with Crippen molar-refractivity contribution < 1.29 is 9.84 Å². The van der Waals surface area contributed by atoms with Gasteiger partial charge in [-0.25, -0.2) is 0 Å². The summed E-state index contributed by atoms with van der Waals surface area (Å²) in [5.41, 5.74) is 1.39. The van der Waals surface area contributed by atoms with Crippen molar-refractivity contribution in [2.24, 2.45) is 5.41 Å². The van der Waals surface area contributed by atoms with Crippen LogP contribution in [0.1, 0.15) is 32.3 Å². The number of aliphatic hydroxyl groups is 1. The van der Waals surface area contributed by atoms with E-state index in [1.165, 1.54) is 5.56 Å². The fraction of sp³-hybridized carbons (Fsp3) is 0.667. The first-order valence-electron chi connectivity index (χ1n) is 8.13. The number of halogens is 1. The molecule has 2 atom stereocenters. The highest BCUT2D eigenvalue weighted by Gasteiger charge is 2.34. The van der Waals surface area contributed by atoms with Gasteiger partial charge in [0.05, 0.1) is 18.8 Å². The zero-order chi connectivity index (χ0) is 16.0. The largest absolute Gasteiger partial charge is 0.392 e. The molecule has 1 aliphatic heterocycles. The van der Waals surface area contributed by atoms with Crippen molar-refractivity contribution in [3.8, 4) is 0 Å². The molecule has 124 valence electrons. The standard InChI is InChI=1S/C18H28ClNO2/c1-18(2,9-8-16(21)12-19)17-14-20(10-11-22-17)13-15-6-4-3-5-7-15/h3-7,16-17,21H,8-14H2,1-2H3. The molecule has 1 saturated heterocycles. The number of nitrogens with zero attached hydrogens (tertiary/aromatic N) is 1. The predicted molar refractivity (Wildman–Crippen MR) is 91.2 cm³/mol. The van der Waals surface area contributed by atoms with Crippen molar-refractivity contribution in [3.05, 3.63) is 35.9 Å². The summed E-state index contributed by atoms with van der Waals surface area (Å²) in [6.07, 6.45) is 1.44. The topological polar surface area (TPSA) is 32.7 Å². The first-order chi connectivity index (χ1) is 10.5. The number of rotatable bonds is 7. The predicted octanol–water partition coefficient (Wildman–Crippen LogP) is 3.29. The SMILES string of the molecule is CC(C)(CCC(O)CCl)C1CN(Cc2ccccc2)CCO1. The summed E-state index contributed by atoms with van der Waals surface area (Å²) in [5, 5.41) is 9.68. The summed E-state index contributed by atoms with van der Waals surface area (Å²) < 4.78 is 6.02. The summed E-state index contributed by atoms with van der Waals surface area (Å²) in [4.78, 5) is 2.46. The maximum Gasteiger partial charge on any atom is 0.0753 e. The first-order valence-corrected chi connectivity index (χ1v) is 8.66. The van der Waals surface area contributed by atoms with Crippen LogP contribution in [-0.2, 0) is 11.3 Å². The third kappa shape index (κ3) is 5.24. The monoisotopic (exact) mass is 325 g/mol. The van der Waals surface area contributed by atoms with E-state index in [0.717, 1.165) is 39.1 Å². The fourth-order valence-electron chi connectivity index (χ4n) is 2.94. The second-order valence-electron chi connectivity index (χ2n) is 6.92. The Morgan fingerprint density at radius 3 is 2.77 bits per heavy atom. The lowest BCUT2D eigenvalue weighted by Gasteiger charge is -2.41. The van der Waals surface area contributed by atoms with Gasteiger partial charge >= 0.3 is 0 Å². The van der Waals surface area contributed by atoms with Crippen LogP contribution in [0.15, 0.2) is 30.3 Å². The van der Waals surface area contributed by atoms with E-state index in [1.807, 2.05) is 0 Å². The van der Waals surface area contributed by atoms with Crippen molar-refractivity contribution in [2.45, 2.75) is 45.4 Å². The summed E-state index contributed by atoms with van der Waals surface area (Å²) in [6, 6.07) is 10.6. The Labute approximate surface area is 139 Å². The molecule has 0 bridgehead atoms. The van der Waals surface area contributed by atoms with Crippen LogP contribution in [0.5, 0.6) is 0 Å². The van der Waals surface area contributed by atoms with E-state index in [0.29, 0.717) is 5.88 Å². The average Bonchev–Trinajstić information content (AvgIpc) is 2.54. The summed E-state index contributed by atoms with van der Waals surface area (Å²) in [5.74, 6) is 0.307. The highest BCUT2D eigenvalue weighted by molar-refractivity contribution is 6.18. The van der Waals surface area contributed by atoms with Crippen molar-refractivity contribution in [1.82, 2.24) is 4.90 Å². The maximum absolute atomic E-state index is 9.68. The highest BCUT2D eigenvalue weighted by atomic mass is 35.5. The van der Waals surface area contributed by atoms with Crippen LogP contribution in [0, 0.1) is 5.41 Å². The molecule has 0 aliphatic carbocycles. The van der Waals surface area contributed by atoms with Gasteiger partial charge in [0.1, 0.15) is 0 Å². The van der Waals surface area contributed by atoms with Gasteiger partial charge in [0.2, 0.25) is 0 Å². The molecule has 2 unspecified atom stereocenters. The zero-order valence-electron chi connectivity index (χ0n) is 13.7. The second-order valence-corrected chi connectivity index (χ2v) is 7.22. The van der Waals surface area contributed by atoms with E-state index < -0.39 is 6.10 Å². The molecule has 1 aliphatic rings. The molecule has 1 aromatic carbocycles. The summed E-state index contributed by atoms with van der Waals surface area (Å²) >= 11 is 5.69. The Bertz CT molecular complexity index is 438. The van der Waals surface area contributed by atoms with Crippen molar-refractivity contribution in [2.75, 3.05) is 25.6 Å². The van der Waals surface area contributed by atoms with Crippen molar-refractivity contribution in [1.29, 1.82) is 0 Å². The molecule has 0 radical (unpaired) electrons. The molecule has 2 rings (SSSR count). The Morgan fingerprint density at radius 2 is 2.09 bits per heavy atom. The number of benzene rings is 1. The Morgan fingerprint density at radius 1 is 1.36 bits per heavy atom. The quantitative estimate of drug-likeness (QED) is 0.781. The number of hydrogen-bond acceptors (Lipinski definition) is 3. The average molecular weight is 326 g/mol. The number of aliphatic hydroxyl groups excluding tert-OH is 1. The minimum atomic E-state index is -0.412. The van der Waals surface area contributed by atoms with Crippen LogP contribution in [0.25, 0.3) is 0 Å². The van der Waals surface area contributed by atoms with E-state index in [-0.39, 0.29) is 11.5 Å². The van der Waals surface area contributed by atoms with E-state index in [2.05, 4.69) is 49.1 Å². The van der Waals surface area contributed by atoms with Gasteiger partial charge in [-0.05, 0) is 23.8 Å². The molecule has 1 N–H and O–H groups in total. The van der Waals surface area contributed by atoms with Crippen LogP contribution in [0.3, 0.4) is 0 Å². The second kappa shape index (κ2) is 8.30. The van der Waals surface area contributed by atoms with Gasteiger partial charge in [-0.3, -0.25) is 4.90 Å². The minimum Gasteiger partial charge on any atom is -0.392 e. The number of alkyl halides is 1. The lowest BCUT2D eigenvalue weighted by molar-refractivity contribution is -0.0918. The lowest BCUT2D eigenvalue weighted by atomic mass is 9.80. The zero-order valence-corrected chi connectivity index (χ0v) is 14.4. The normalized spacial score (nSPS) is 21.7. The Kier molecular flexibility index (Phi) is 6.69. The van der Waals surface area contributed by atoms with Gasteiger partial charge in [0.25, 0.3) is 0 Å². The minimum absolute atomic E-state index is 0.0440. The molecule has 4 heteroatoms. The van der Waals surface area contributed by atoms with Crippen LogP contribution >= 0.6 is 11.6 Å². The first kappa shape index (κ1) is 17.7. The fourth-order valence-corrected chi connectivity index (χ4v) is 3.09. The summed E-state index contributed by atoms with van der Waals surface area (Å²) in [7, 11) is 0. The van der Waals surface area contributed by atoms with E-state index >= 15 is 0 Å². The number of ether oxygens (including phenoxy) is 1. The molecule has 0 aromatic heterocycles. The van der Waals surface area contributed by atoms with Crippen LogP contribution in [0.2, 0.25) is 0 Å². The highest BCUT2D eigenvalue weighted by Crippen LogP contribution is 2.32. The molecule has 0 saturated carbocycles. The van der Waals surface area contributed by atoms with E-state index in [1.54, 1.807) is 0 Å². The van der Waals surface area contributed by atoms with Gasteiger partial charge in [0.15, 0.2) is 0 Å². The smallest absolute Gasteiger partial charge is 0.0753 e. The third-order valence-electron chi connectivity index (χ3n) is 4.57. The molecular formula is C18H28ClNO2. The summed E-state index contributed by atoms with van der Waals surface area (Å²) in [6.45, 7) is 8.12. The molecular weight excluding hydrogens is 298 g/mol. The Balaban J connectivity index is 1.89. The van der Waals surface area contributed by atoms with Crippen molar-refractivity contribution in [3.63, 3.8) is 0 Å². The molecule has 1 heterocycles. The number of hydrogen-bond donors (Lipinski definition) is 1.